The molecule has 0 saturated carbocycles. The van der Waals surface area contributed by atoms with Crippen LogP contribution in [-0.4, -0.2) is 10.9 Å². The summed E-state index contributed by atoms with van der Waals surface area (Å²) in [5.74, 6) is -1.84. The maximum absolute atomic E-state index is 13.2. The molecule has 1 heterocycles. The molecule has 0 aliphatic rings. The molecule has 0 saturated heterocycles. The van der Waals surface area contributed by atoms with E-state index >= 15 is 0 Å². The summed E-state index contributed by atoms with van der Waals surface area (Å²) in [6, 6.07) is 14.4. The van der Waals surface area contributed by atoms with Crippen molar-refractivity contribution < 1.29 is 13.6 Å². The number of carbonyl (C=O) groups is 1. The molecular formula is C20H17F2N3O. The number of amides is 1. The van der Waals surface area contributed by atoms with E-state index in [4.69, 9.17) is 0 Å². The molecule has 1 amide bonds. The summed E-state index contributed by atoms with van der Waals surface area (Å²) in [7, 11) is 0. The topological polar surface area (TPSA) is 54.0 Å². The lowest BCUT2D eigenvalue weighted by molar-refractivity contribution is 0.102. The number of hydrogen-bond acceptors (Lipinski definition) is 3. The molecule has 0 aliphatic carbocycles. The molecule has 132 valence electrons. The third-order valence-electron chi connectivity index (χ3n) is 3.84. The van der Waals surface area contributed by atoms with Gasteiger partial charge in [-0.3, -0.25) is 4.79 Å². The van der Waals surface area contributed by atoms with Crippen molar-refractivity contribution in [1.82, 2.24) is 4.98 Å². The largest absolute Gasteiger partial charge is 0.340 e. The van der Waals surface area contributed by atoms with Crippen LogP contribution in [0.15, 0.2) is 60.8 Å². The van der Waals surface area contributed by atoms with Crippen LogP contribution in [0.4, 0.5) is 26.0 Å². The normalized spacial score (nSPS) is 10.4. The minimum absolute atomic E-state index is 0.173. The summed E-state index contributed by atoms with van der Waals surface area (Å²) in [5.41, 5.74) is 2.62. The monoisotopic (exact) mass is 353 g/mol. The number of hydrogen-bond donors (Lipinski definition) is 2. The summed E-state index contributed by atoms with van der Waals surface area (Å²) in [4.78, 5) is 16.4. The van der Waals surface area contributed by atoms with Crippen molar-refractivity contribution in [2.45, 2.75) is 13.3 Å². The second-order valence-corrected chi connectivity index (χ2v) is 5.69. The Kier molecular flexibility index (Phi) is 5.22. The summed E-state index contributed by atoms with van der Waals surface area (Å²) in [6.07, 6.45) is 2.39. The van der Waals surface area contributed by atoms with Crippen LogP contribution >= 0.6 is 0 Å². The highest BCUT2D eigenvalue weighted by molar-refractivity contribution is 6.04. The number of nitrogens with zero attached hydrogens (tertiary/aromatic N) is 1. The van der Waals surface area contributed by atoms with Crippen LogP contribution in [0.5, 0.6) is 0 Å². The molecule has 0 radical (unpaired) electrons. The van der Waals surface area contributed by atoms with Crippen molar-refractivity contribution in [3.8, 4) is 0 Å². The minimum atomic E-state index is -1.02. The fraction of sp³-hybridized carbons (Fsp3) is 0.100. The fourth-order valence-corrected chi connectivity index (χ4v) is 2.35. The van der Waals surface area contributed by atoms with E-state index in [9.17, 15) is 13.6 Å². The highest BCUT2D eigenvalue weighted by Crippen LogP contribution is 2.17. The highest BCUT2D eigenvalue weighted by atomic mass is 19.2. The van der Waals surface area contributed by atoms with Gasteiger partial charge in [-0.2, -0.15) is 0 Å². The van der Waals surface area contributed by atoms with Gasteiger partial charge in [-0.1, -0.05) is 19.1 Å². The zero-order chi connectivity index (χ0) is 18.5. The molecule has 2 N–H and O–H groups in total. The number of aryl methyl sites for hydroxylation is 1. The van der Waals surface area contributed by atoms with E-state index < -0.39 is 17.5 Å². The van der Waals surface area contributed by atoms with Gasteiger partial charge in [0.15, 0.2) is 11.6 Å². The smallest absolute Gasteiger partial charge is 0.257 e. The van der Waals surface area contributed by atoms with E-state index in [0.717, 1.165) is 24.2 Å². The molecule has 0 unspecified atom stereocenters. The summed E-state index contributed by atoms with van der Waals surface area (Å²) < 4.78 is 26.1. The average molecular weight is 353 g/mol. The standard InChI is InChI=1S/C20H17F2N3O/c1-2-13-3-6-15(7-4-13)24-19-10-5-14(12-23-19)20(26)25-16-8-9-17(21)18(22)11-16/h3-12H,2H2,1H3,(H,23,24)(H,25,26). The van der Waals surface area contributed by atoms with Gasteiger partial charge in [0.1, 0.15) is 5.82 Å². The summed E-state index contributed by atoms with van der Waals surface area (Å²) in [5, 5.41) is 5.65. The van der Waals surface area contributed by atoms with Gasteiger partial charge in [0, 0.05) is 23.6 Å². The van der Waals surface area contributed by atoms with Crippen molar-refractivity contribution in [1.29, 1.82) is 0 Å². The molecule has 3 aromatic rings. The maximum atomic E-state index is 13.2. The van der Waals surface area contributed by atoms with E-state index in [-0.39, 0.29) is 5.69 Å². The Balaban J connectivity index is 1.66. The first kappa shape index (κ1) is 17.5. The molecule has 4 nitrogen and oxygen atoms in total. The summed E-state index contributed by atoms with van der Waals surface area (Å²) in [6.45, 7) is 2.09. The van der Waals surface area contributed by atoms with Crippen LogP contribution in [0.3, 0.4) is 0 Å². The first-order chi connectivity index (χ1) is 12.5. The molecule has 0 aliphatic heterocycles. The molecule has 1 aromatic heterocycles. The predicted molar refractivity (Wildman–Crippen MR) is 97.7 cm³/mol. The number of benzene rings is 2. The number of halogens is 2. The summed E-state index contributed by atoms with van der Waals surface area (Å²) >= 11 is 0. The van der Waals surface area contributed by atoms with Gasteiger partial charge < -0.3 is 10.6 Å². The molecule has 3 rings (SSSR count). The number of rotatable bonds is 5. The van der Waals surface area contributed by atoms with Crippen molar-refractivity contribution in [2.24, 2.45) is 0 Å². The molecule has 0 spiro atoms. The Bertz CT molecular complexity index is 909. The van der Waals surface area contributed by atoms with E-state index in [2.05, 4.69) is 22.5 Å². The molecule has 0 fully saturated rings. The first-order valence-corrected chi connectivity index (χ1v) is 8.13. The van der Waals surface area contributed by atoms with Gasteiger partial charge in [0.2, 0.25) is 0 Å². The Morgan fingerprint density at radius 1 is 0.962 bits per heavy atom. The quantitative estimate of drug-likeness (QED) is 0.685. The lowest BCUT2D eigenvalue weighted by Crippen LogP contribution is -2.12. The van der Waals surface area contributed by atoms with Crippen LogP contribution in [0.1, 0.15) is 22.8 Å². The van der Waals surface area contributed by atoms with E-state index in [1.54, 1.807) is 12.1 Å². The highest BCUT2D eigenvalue weighted by Gasteiger charge is 2.09. The van der Waals surface area contributed by atoms with Crippen LogP contribution in [0.25, 0.3) is 0 Å². The van der Waals surface area contributed by atoms with Crippen LogP contribution in [0.2, 0.25) is 0 Å². The fourth-order valence-electron chi connectivity index (χ4n) is 2.35. The Morgan fingerprint density at radius 3 is 2.31 bits per heavy atom. The number of aromatic nitrogens is 1. The molecule has 26 heavy (non-hydrogen) atoms. The van der Waals surface area contributed by atoms with Crippen molar-refractivity contribution in [3.63, 3.8) is 0 Å². The lowest BCUT2D eigenvalue weighted by Gasteiger charge is -2.08. The third-order valence-corrected chi connectivity index (χ3v) is 3.84. The molecule has 0 atom stereocenters. The Morgan fingerprint density at radius 2 is 1.69 bits per heavy atom. The van der Waals surface area contributed by atoms with Crippen LogP contribution in [0, 0.1) is 11.6 Å². The van der Waals surface area contributed by atoms with Gasteiger partial charge in [0.05, 0.1) is 5.56 Å². The zero-order valence-electron chi connectivity index (χ0n) is 14.1. The Labute approximate surface area is 149 Å². The number of carbonyl (C=O) groups excluding carboxylic acids is 1. The molecule has 0 bridgehead atoms. The number of anilines is 3. The second kappa shape index (κ2) is 7.74. The third kappa shape index (κ3) is 4.22. The second-order valence-electron chi connectivity index (χ2n) is 5.69. The minimum Gasteiger partial charge on any atom is -0.340 e. The van der Waals surface area contributed by atoms with E-state index in [1.165, 1.54) is 17.8 Å². The molecular weight excluding hydrogens is 336 g/mol. The van der Waals surface area contributed by atoms with Crippen molar-refractivity contribution in [2.75, 3.05) is 10.6 Å². The van der Waals surface area contributed by atoms with Crippen molar-refractivity contribution >= 4 is 23.1 Å². The average Bonchev–Trinajstić information content (AvgIpc) is 2.66. The Hall–Kier alpha value is -3.28. The van der Waals surface area contributed by atoms with Crippen LogP contribution < -0.4 is 10.6 Å². The number of pyridine rings is 1. The zero-order valence-corrected chi connectivity index (χ0v) is 14.1. The molecule has 6 heteroatoms. The maximum Gasteiger partial charge on any atom is 0.257 e. The van der Waals surface area contributed by atoms with E-state index in [1.807, 2.05) is 24.3 Å². The van der Waals surface area contributed by atoms with Gasteiger partial charge in [-0.05, 0) is 48.4 Å². The van der Waals surface area contributed by atoms with Gasteiger partial charge >= 0.3 is 0 Å². The number of nitrogens with one attached hydrogen (secondary N) is 2. The van der Waals surface area contributed by atoms with Gasteiger partial charge in [-0.15, -0.1) is 0 Å². The lowest BCUT2D eigenvalue weighted by atomic mass is 10.1. The van der Waals surface area contributed by atoms with Gasteiger partial charge in [0.25, 0.3) is 5.91 Å². The first-order valence-electron chi connectivity index (χ1n) is 8.13. The predicted octanol–water partition coefficient (Wildman–Crippen LogP) is 4.92. The van der Waals surface area contributed by atoms with Crippen LogP contribution in [-0.2, 0) is 6.42 Å². The van der Waals surface area contributed by atoms with Crippen molar-refractivity contribution in [3.05, 3.63) is 83.6 Å². The van der Waals surface area contributed by atoms with E-state index in [0.29, 0.717) is 11.4 Å². The molecule has 2 aromatic carbocycles. The SMILES string of the molecule is CCc1ccc(Nc2ccc(C(=O)Nc3ccc(F)c(F)c3)cn2)cc1. The van der Waals surface area contributed by atoms with Gasteiger partial charge in [-0.25, -0.2) is 13.8 Å².